The average Bonchev–Trinajstić information content (AvgIpc) is 3.76. The normalized spacial score (nSPS) is 35.4. The molecule has 7 atom stereocenters. The first-order chi connectivity index (χ1) is 19.4. The maximum atomic E-state index is 14.8. The number of nitrogens with one attached hydrogen (secondary N) is 3. The van der Waals surface area contributed by atoms with Crippen LogP contribution in [0.4, 0.5) is 4.39 Å². The van der Waals surface area contributed by atoms with Gasteiger partial charge in [0.2, 0.25) is 5.91 Å². The first-order valence-electron chi connectivity index (χ1n) is 15.9. The van der Waals surface area contributed by atoms with Crippen LogP contribution in [-0.2, 0) is 9.53 Å². The molecule has 1 saturated carbocycles. The molecule has 3 saturated heterocycles. The summed E-state index contributed by atoms with van der Waals surface area (Å²) in [6, 6.07) is 0.609. The number of carbonyl (C=O) groups is 1. The lowest BCUT2D eigenvalue weighted by molar-refractivity contribution is -0.531. The number of carbonyl (C=O) groups excluding carboxylic acids is 1. The van der Waals surface area contributed by atoms with E-state index in [-0.39, 0.29) is 18.0 Å². The third-order valence-corrected chi connectivity index (χ3v) is 9.92. The fraction of sp³-hybridized carbons (Fsp3) is 0.867. The van der Waals surface area contributed by atoms with Crippen molar-refractivity contribution in [1.29, 1.82) is 0 Å². The zero-order chi connectivity index (χ0) is 28.2. The second-order valence-electron chi connectivity index (χ2n) is 12.7. The number of allylic oxidation sites excluding steroid dienone is 1. The van der Waals surface area contributed by atoms with E-state index in [1.807, 2.05) is 11.6 Å². The summed E-state index contributed by atoms with van der Waals surface area (Å²) in [5.41, 5.74) is 7.63. The van der Waals surface area contributed by atoms with E-state index in [0.29, 0.717) is 24.4 Å². The Hall–Kier alpha value is -1.59. The van der Waals surface area contributed by atoms with Crippen LogP contribution in [0, 0.1) is 17.8 Å². The van der Waals surface area contributed by atoms with E-state index < -0.39 is 18.3 Å². The number of unbranched alkanes of at least 4 members (excludes halogenated alkanes) is 1. The molecular formula is C30H53FN7O2+. The predicted molar refractivity (Wildman–Crippen MR) is 156 cm³/mol. The van der Waals surface area contributed by atoms with Crippen molar-refractivity contribution >= 4 is 12.1 Å². The van der Waals surface area contributed by atoms with Crippen molar-refractivity contribution in [2.75, 3.05) is 59.5 Å². The summed E-state index contributed by atoms with van der Waals surface area (Å²) in [5.74, 6) is 0.716. The number of hydrogen-bond acceptors (Lipinski definition) is 7. The lowest BCUT2D eigenvalue weighted by atomic mass is 9.83. The van der Waals surface area contributed by atoms with Gasteiger partial charge >= 0.3 is 0 Å². The topological polar surface area (TPSA) is 97.9 Å². The van der Waals surface area contributed by atoms with Crippen LogP contribution >= 0.6 is 0 Å². The lowest BCUT2D eigenvalue weighted by Crippen LogP contribution is -2.69. The molecule has 0 radical (unpaired) electrons. The molecule has 4 heterocycles. The molecule has 0 aromatic rings. The Labute approximate surface area is 240 Å². The van der Waals surface area contributed by atoms with Gasteiger partial charge in [0.25, 0.3) is 0 Å². The number of piperidine rings is 1. The second-order valence-corrected chi connectivity index (χ2v) is 12.7. The van der Waals surface area contributed by atoms with Gasteiger partial charge in [-0.2, -0.15) is 0 Å². The molecule has 0 spiro atoms. The predicted octanol–water partition coefficient (Wildman–Crippen LogP) is 0.894. The van der Waals surface area contributed by atoms with Gasteiger partial charge in [0.1, 0.15) is 13.0 Å². The first-order valence-corrected chi connectivity index (χ1v) is 15.9. The Kier molecular flexibility index (Phi) is 10.2. The van der Waals surface area contributed by atoms with Gasteiger partial charge in [0.15, 0.2) is 18.4 Å². The Bertz CT molecular complexity index is 916. The Morgan fingerprint density at radius 2 is 1.95 bits per heavy atom. The summed E-state index contributed by atoms with van der Waals surface area (Å²) < 4.78 is 22.1. The van der Waals surface area contributed by atoms with Crippen molar-refractivity contribution in [2.24, 2.45) is 23.5 Å². The molecule has 10 heteroatoms. The van der Waals surface area contributed by atoms with Crippen molar-refractivity contribution in [3.05, 3.63) is 11.8 Å². The summed E-state index contributed by atoms with van der Waals surface area (Å²) in [4.78, 5) is 19.3. The molecule has 40 heavy (non-hydrogen) atoms. The van der Waals surface area contributed by atoms with E-state index in [2.05, 4.69) is 45.7 Å². The average molecular weight is 563 g/mol. The van der Waals surface area contributed by atoms with Crippen LogP contribution < -0.4 is 21.7 Å². The van der Waals surface area contributed by atoms with Crippen LogP contribution in [0.15, 0.2) is 11.8 Å². The molecule has 7 unspecified atom stereocenters. The smallest absolute Gasteiger partial charge is 0.234 e. The molecule has 226 valence electrons. The monoisotopic (exact) mass is 562 g/mol. The number of ether oxygens (including phenoxy) is 1. The molecule has 5 rings (SSSR count). The van der Waals surface area contributed by atoms with E-state index >= 15 is 0 Å². The summed E-state index contributed by atoms with van der Waals surface area (Å²) in [6.45, 7) is 11.8. The highest BCUT2D eigenvalue weighted by Gasteiger charge is 2.48. The molecule has 0 aromatic carbocycles. The third-order valence-electron chi connectivity index (χ3n) is 9.92. The zero-order valence-corrected chi connectivity index (χ0v) is 24.9. The van der Waals surface area contributed by atoms with Crippen LogP contribution in [0.1, 0.15) is 52.4 Å². The van der Waals surface area contributed by atoms with Crippen LogP contribution in [0.2, 0.25) is 0 Å². The van der Waals surface area contributed by atoms with Gasteiger partial charge in [-0.05, 0) is 44.1 Å². The molecule has 1 amide bonds. The number of hydrogen-bond donors (Lipinski definition) is 4. The van der Waals surface area contributed by atoms with Gasteiger partial charge in [0, 0.05) is 50.5 Å². The minimum absolute atomic E-state index is 0.0163. The molecule has 5 N–H and O–H groups in total. The molecular weight excluding hydrogens is 509 g/mol. The van der Waals surface area contributed by atoms with Crippen LogP contribution in [0.5, 0.6) is 0 Å². The van der Waals surface area contributed by atoms with Gasteiger partial charge in [-0.1, -0.05) is 26.7 Å². The summed E-state index contributed by atoms with van der Waals surface area (Å²) in [6.07, 6.45) is 7.82. The van der Waals surface area contributed by atoms with Crippen molar-refractivity contribution in [3.8, 4) is 0 Å². The highest BCUT2D eigenvalue weighted by atomic mass is 19.1. The fourth-order valence-electron chi connectivity index (χ4n) is 7.30. The maximum absolute atomic E-state index is 14.8. The van der Waals surface area contributed by atoms with E-state index in [0.717, 1.165) is 83.4 Å². The van der Waals surface area contributed by atoms with Gasteiger partial charge in [0.05, 0.1) is 31.5 Å². The Balaban J connectivity index is 1.31. The van der Waals surface area contributed by atoms with Crippen LogP contribution in [0.3, 0.4) is 0 Å². The molecule has 4 fully saturated rings. The molecule has 9 nitrogen and oxygen atoms in total. The van der Waals surface area contributed by atoms with E-state index in [9.17, 15) is 9.18 Å². The molecule has 4 aliphatic heterocycles. The Morgan fingerprint density at radius 3 is 2.58 bits per heavy atom. The molecule has 0 aromatic heterocycles. The van der Waals surface area contributed by atoms with Gasteiger partial charge in [-0.15, -0.1) is 0 Å². The summed E-state index contributed by atoms with van der Waals surface area (Å²) in [7, 11) is 1.88. The molecule has 1 aliphatic carbocycles. The largest absolute Gasteiger partial charge is 0.378 e. The van der Waals surface area contributed by atoms with Crippen LogP contribution in [0.25, 0.3) is 0 Å². The van der Waals surface area contributed by atoms with E-state index in [1.165, 1.54) is 12.8 Å². The summed E-state index contributed by atoms with van der Waals surface area (Å²) in [5, 5.41) is 10.5. The van der Waals surface area contributed by atoms with E-state index in [4.69, 9.17) is 10.5 Å². The minimum Gasteiger partial charge on any atom is -0.378 e. The number of piperazine rings is 1. The standard InChI is InChI=1S/C30H52FN7O2/c1-4-6-7-21(31)17-36(3)26-14-22(5-2)34-29(32)27(26)30(39)35-25-16-33-15-24(20-8-9-20)28(25)38-12-10-37(11-13-38)23-18-40-19-23/h14,17,20-21,23-29,33-34H,4-13,15-16,18-19,32H2,1-3H3/p+1. The van der Waals surface area contributed by atoms with Gasteiger partial charge < -0.3 is 26.4 Å². The Morgan fingerprint density at radius 1 is 1.23 bits per heavy atom. The lowest BCUT2D eigenvalue weighted by Gasteiger charge is -2.50. The van der Waals surface area contributed by atoms with E-state index in [1.54, 1.807) is 6.21 Å². The zero-order valence-electron chi connectivity index (χ0n) is 24.9. The number of likely N-dealkylation sites (N-methyl/N-ethyl adjacent to an activating group) is 1. The highest BCUT2D eigenvalue weighted by Crippen LogP contribution is 2.41. The quantitative estimate of drug-likeness (QED) is 0.219. The first kappa shape index (κ1) is 29.9. The number of nitrogens with zero attached hydrogens (tertiary/aromatic N) is 3. The van der Waals surface area contributed by atoms with Crippen molar-refractivity contribution < 1.29 is 18.5 Å². The molecule has 5 aliphatic rings. The maximum Gasteiger partial charge on any atom is 0.234 e. The van der Waals surface area contributed by atoms with Crippen LogP contribution in [-0.4, -0.2) is 123 Å². The number of alkyl halides is 1. The number of nitrogens with two attached hydrogens (primary N) is 1. The fourth-order valence-corrected chi connectivity index (χ4v) is 7.30. The minimum atomic E-state index is -1.03. The van der Waals surface area contributed by atoms with Crippen molar-refractivity contribution in [1.82, 2.24) is 25.8 Å². The highest BCUT2D eigenvalue weighted by molar-refractivity contribution is 5.81. The SMILES string of the molecule is CCCCC(F)C=[N+](C)C1C=C(CC)NC(N)C1C(=O)NC1CNCC(C2CC2)C1N1CCN(C2COC2)CC1. The van der Waals surface area contributed by atoms with Gasteiger partial charge in [-0.3, -0.25) is 14.6 Å². The van der Waals surface area contributed by atoms with Crippen molar-refractivity contribution in [2.45, 2.75) is 88.9 Å². The second kappa shape index (κ2) is 13.6. The summed E-state index contributed by atoms with van der Waals surface area (Å²) >= 11 is 0. The third kappa shape index (κ3) is 6.89. The van der Waals surface area contributed by atoms with Crippen molar-refractivity contribution in [3.63, 3.8) is 0 Å². The number of amides is 1. The number of halogens is 1. The number of rotatable bonds is 11. The molecule has 0 bridgehead atoms. The van der Waals surface area contributed by atoms with Gasteiger partial charge in [-0.25, -0.2) is 8.97 Å².